The van der Waals surface area contributed by atoms with Crippen molar-refractivity contribution >= 4 is 11.6 Å². The maximum Gasteiger partial charge on any atom is 0.265 e. The summed E-state index contributed by atoms with van der Waals surface area (Å²) >= 11 is 0. The van der Waals surface area contributed by atoms with Crippen LogP contribution in [-0.2, 0) is 4.79 Å². The average Bonchev–Trinajstić information content (AvgIpc) is 2.44. The van der Waals surface area contributed by atoms with Crippen molar-refractivity contribution in [3.63, 3.8) is 0 Å². The van der Waals surface area contributed by atoms with Gasteiger partial charge in [-0.2, -0.15) is 0 Å². The van der Waals surface area contributed by atoms with Gasteiger partial charge in [0.25, 0.3) is 5.91 Å². The maximum absolute atomic E-state index is 12.1. The lowest BCUT2D eigenvalue weighted by Gasteiger charge is -2.16. The van der Waals surface area contributed by atoms with Gasteiger partial charge in [-0.25, -0.2) is 0 Å². The van der Waals surface area contributed by atoms with Gasteiger partial charge in [-0.1, -0.05) is 35.4 Å². The third kappa shape index (κ3) is 4.09. The van der Waals surface area contributed by atoms with E-state index in [0.717, 1.165) is 22.6 Å². The summed E-state index contributed by atoms with van der Waals surface area (Å²) in [4.78, 5) is 12.1. The number of hydrogen-bond acceptors (Lipinski definition) is 2. The molecular formula is C18H21NO2. The second-order valence-electron chi connectivity index (χ2n) is 5.38. The summed E-state index contributed by atoms with van der Waals surface area (Å²) in [5.41, 5.74) is 4.15. The van der Waals surface area contributed by atoms with Crippen LogP contribution in [-0.4, -0.2) is 12.0 Å². The highest BCUT2D eigenvalue weighted by atomic mass is 16.5. The van der Waals surface area contributed by atoms with Gasteiger partial charge < -0.3 is 10.1 Å². The first kappa shape index (κ1) is 15.1. The van der Waals surface area contributed by atoms with Gasteiger partial charge in [0.2, 0.25) is 0 Å². The molecule has 1 N–H and O–H groups in total. The van der Waals surface area contributed by atoms with Crippen LogP contribution in [0, 0.1) is 20.8 Å². The smallest absolute Gasteiger partial charge is 0.265 e. The lowest BCUT2D eigenvalue weighted by molar-refractivity contribution is -0.122. The molecule has 0 saturated heterocycles. The molecule has 0 aliphatic carbocycles. The quantitative estimate of drug-likeness (QED) is 0.920. The van der Waals surface area contributed by atoms with Crippen LogP contribution in [0.15, 0.2) is 42.5 Å². The molecule has 0 fully saturated rings. The van der Waals surface area contributed by atoms with E-state index in [0.29, 0.717) is 0 Å². The second kappa shape index (κ2) is 6.44. The van der Waals surface area contributed by atoms with Gasteiger partial charge in [-0.15, -0.1) is 0 Å². The van der Waals surface area contributed by atoms with Crippen LogP contribution < -0.4 is 10.1 Å². The van der Waals surface area contributed by atoms with E-state index < -0.39 is 6.10 Å². The largest absolute Gasteiger partial charge is 0.481 e. The first-order valence-corrected chi connectivity index (χ1v) is 7.07. The minimum absolute atomic E-state index is 0.154. The van der Waals surface area contributed by atoms with Crippen molar-refractivity contribution in [3.8, 4) is 5.75 Å². The Morgan fingerprint density at radius 3 is 2.24 bits per heavy atom. The third-order valence-corrected chi connectivity index (χ3v) is 3.32. The number of hydrogen-bond donors (Lipinski definition) is 1. The number of nitrogens with one attached hydrogen (secondary N) is 1. The first-order chi connectivity index (χ1) is 9.95. The molecule has 1 unspecified atom stereocenters. The molecule has 0 aliphatic rings. The highest BCUT2D eigenvalue weighted by Gasteiger charge is 2.15. The number of carbonyl (C=O) groups is 1. The number of aryl methyl sites for hydroxylation is 3. The van der Waals surface area contributed by atoms with Crippen molar-refractivity contribution in [2.24, 2.45) is 0 Å². The third-order valence-electron chi connectivity index (χ3n) is 3.32. The zero-order valence-corrected chi connectivity index (χ0v) is 12.9. The summed E-state index contributed by atoms with van der Waals surface area (Å²) in [6.45, 7) is 7.78. The van der Waals surface area contributed by atoms with Crippen LogP contribution in [0.4, 0.5) is 5.69 Å². The maximum atomic E-state index is 12.1. The minimum atomic E-state index is -0.548. The molecule has 2 rings (SSSR count). The molecule has 0 aromatic heterocycles. The van der Waals surface area contributed by atoms with Gasteiger partial charge in [-0.3, -0.25) is 4.79 Å². The molecular weight excluding hydrogens is 262 g/mol. The van der Waals surface area contributed by atoms with E-state index in [9.17, 15) is 4.79 Å². The fraction of sp³-hybridized carbons (Fsp3) is 0.278. The lowest BCUT2D eigenvalue weighted by atomic mass is 10.1. The van der Waals surface area contributed by atoms with Gasteiger partial charge in [0.1, 0.15) is 5.75 Å². The van der Waals surface area contributed by atoms with Crippen molar-refractivity contribution < 1.29 is 9.53 Å². The van der Waals surface area contributed by atoms with E-state index >= 15 is 0 Å². The standard InChI is InChI=1S/C18H21NO2/c1-12-5-8-16(9-6-12)19-18(20)15(4)21-17-10-7-13(2)11-14(17)3/h5-11,15H,1-4H3,(H,19,20). The Morgan fingerprint density at radius 2 is 1.62 bits per heavy atom. The van der Waals surface area contributed by atoms with Gasteiger partial charge in [0.05, 0.1) is 0 Å². The molecule has 0 heterocycles. The summed E-state index contributed by atoms with van der Waals surface area (Å²) < 4.78 is 5.75. The molecule has 2 aromatic carbocycles. The second-order valence-corrected chi connectivity index (χ2v) is 5.38. The van der Waals surface area contributed by atoms with Crippen LogP contribution >= 0.6 is 0 Å². The van der Waals surface area contributed by atoms with Gasteiger partial charge in [0.15, 0.2) is 6.10 Å². The van der Waals surface area contributed by atoms with E-state index in [-0.39, 0.29) is 5.91 Å². The SMILES string of the molecule is Cc1ccc(NC(=O)C(C)Oc2ccc(C)cc2C)cc1. The fourth-order valence-electron chi connectivity index (χ4n) is 2.06. The molecule has 21 heavy (non-hydrogen) atoms. The molecule has 3 nitrogen and oxygen atoms in total. The average molecular weight is 283 g/mol. The van der Waals surface area contributed by atoms with E-state index in [2.05, 4.69) is 5.32 Å². The summed E-state index contributed by atoms with van der Waals surface area (Å²) in [6.07, 6.45) is -0.548. The number of carbonyl (C=O) groups excluding carboxylic acids is 1. The predicted molar refractivity (Wildman–Crippen MR) is 85.8 cm³/mol. The number of ether oxygens (including phenoxy) is 1. The lowest BCUT2D eigenvalue weighted by Crippen LogP contribution is -2.30. The molecule has 110 valence electrons. The van der Waals surface area contributed by atoms with E-state index in [1.165, 1.54) is 5.56 Å². The Labute approximate surface area is 126 Å². The molecule has 1 atom stereocenters. The fourth-order valence-corrected chi connectivity index (χ4v) is 2.06. The Balaban J connectivity index is 2.00. The normalized spacial score (nSPS) is 11.8. The van der Waals surface area contributed by atoms with Crippen LogP contribution in [0.3, 0.4) is 0 Å². The summed E-state index contributed by atoms with van der Waals surface area (Å²) in [5, 5.41) is 2.86. The predicted octanol–water partition coefficient (Wildman–Crippen LogP) is 4.02. The highest BCUT2D eigenvalue weighted by Crippen LogP contribution is 2.20. The number of anilines is 1. The Bertz CT molecular complexity index is 632. The van der Waals surface area contributed by atoms with Gasteiger partial charge in [-0.05, 0) is 51.5 Å². The van der Waals surface area contributed by atoms with E-state index in [4.69, 9.17) is 4.74 Å². The monoisotopic (exact) mass is 283 g/mol. The summed E-state index contributed by atoms with van der Waals surface area (Å²) in [6, 6.07) is 13.6. The number of benzene rings is 2. The van der Waals surface area contributed by atoms with Gasteiger partial charge >= 0.3 is 0 Å². The molecule has 0 spiro atoms. The molecule has 1 amide bonds. The first-order valence-electron chi connectivity index (χ1n) is 7.07. The van der Waals surface area contributed by atoms with Crippen LogP contribution in [0.1, 0.15) is 23.6 Å². The molecule has 2 aromatic rings. The number of amides is 1. The summed E-state index contributed by atoms with van der Waals surface area (Å²) in [7, 11) is 0. The van der Waals surface area contributed by atoms with E-state index in [1.54, 1.807) is 6.92 Å². The van der Waals surface area contributed by atoms with E-state index in [1.807, 2.05) is 63.2 Å². The van der Waals surface area contributed by atoms with Crippen molar-refractivity contribution in [1.29, 1.82) is 0 Å². The molecule has 0 radical (unpaired) electrons. The Morgan fingerprint density at radius 1 is 1.00 bits per heavy atom. The molecule has 0 bridgehead atoms. The Hall–Kier alpha value is -2.29. The minimum Gasteiger partial charge on any atom is -0.481 e. The van der Waals surface area contributed by atoms with Crippen LogP contribution in [0.5, 0.6) is 5.75 Å². The molecule has 3 heteroatoms. The molecule has 0 aliphatic heterocycles. The van der Waals surface area contributed by atoms with Gasteiger partial charge in [0, 0.05) is 5.69 Å². The van der Waals surface area contributed by atoms with Crippen molar-refractivity contribution in [3.05, 3.63) is 59.2 Å². The Kier molecular flexibility index (Phi) is 4.63. The van der Waals surface area contributed by atoms with Crippen molar-refractivity contribution in [2.45, 2.75) is 33.8 Å². The van der Waals surface area contributed by atoms with Crippen LogP contribution in [0.2, 0.25) is 0 Å². The zero-order chi connectivity index (χ0) is 15.4. The zero-order valence-electron chi connectivity index (χ0n) is 12.9. The summed E-state index contributed by atoms with van der Waals surface area (Å²) in [5.74, 6) is 0.589. The van der Waals surface area contributed by atoms with Crippen molar-refractivity contribution in [1.82, 2.24) is 0 Å². The van der Waals surface area contributed by atoms with Crippen LogP contribution in [0.25, 0.3) is 0 Å². The highest BCUT2D eigenvalue weighted by molar-refractivity contribution is 5.94. The topological polar surface area (TPSA) is 38.3 Å². The molecule has 0 saturated carbocycles. The van der Waals surface area contributed by atoms with Crippen molar-refractivity contribution in [2.75, 3.05) is 5.32 Å². The number of rotatable bonds is 4.